The van der Waals surface area contributed by atoms with E-state index in [2.05, 4.69) is 56.4 Å². The first-order valence-corrected chi connectivity index (χ1v) is 8.26. The zero-order valence-electron chi connectivity index (χ0n) is 11.7. The summed E-state index contributed by atoms with van der Waals surface area (Å²) in [5, 5.41) is 1.59. The molecule has 1 aliphatic rings. The Bertz CT molecular complexity index is 616. The number of rotatable bonds is 4. The van der Waals surface area contributed by atoms with Crippen molar-refractivity contribution in [2.45, 2.75) is 33.1 Å². The average molecular weight is 267 g/mol. The van der Waals surface area contributed by atoms with Crippen LogP contribution in [0.15, 0.2) is 36.1 Å². The molecular weight excluding hydrogens is 247 g/mol. The average Bonchev–Trinajstić information content (AvgIpc) is 3.03. The standard InChI is InChI=1S/C18H20P/c1-3-7-16-15-9-6-5-8-14(15)12-17(16)18-13(4-2)10-11-19-18/h5-6,8-12,19H,3-4,7H2,1-2H3. The highest BCUT2D eigenvalue weighted by Crippen LogP contribution is 2.45. The SMILES string of the molecule is CCCC1=C(c2[pH]ccc2CC)[CH]c2ccccc21. The fraction of sp³-hybridized carbons (Fsp3) is 0.278. The Kier molecular flexibility index (Phi) is 3.62. The van der Waals surface area contributed by atoms with Gasteiger partial charge < -0.3 is 0 Å². The summed E-state index contributed by atoms with van der Waals surface area (Å²) >= 11 is 0. The molecule has 1 heteroatoms. The summed E-state index contributed by atoms with van der Waals surface area (Å²) in [7, 11) is 0.849. The van der Waals surface area contributed by atoms with Crippen LogP contribution in [-0.2, 0) is 6.42 Å². The van der Waals surface area contributed by atoms with Crippen LogP contribution in [0.1, 0.15) is 48.7 Å². The zero-order valence-corrected chi connectivity index (χ0v) is 12.7. The molecule has 97 valence electrons. The lowest BCUT2D eigenvalue weighted by atomic mass is 9.99. The van der Waals surface area contributed by atoms with Crippen LogP contribution in [0.2, 0.25) is 0 Å². The number of benzene rings is 1. The van der Waals surface area contributed by atoms with Crippen LogP contribution in [0.4, 0.5) is 0 Å². The summed E-state index contributed by atoms with van der Waals surface area (Å²) in [6.45, 7) is 4.54. The molecule has 0 saturated carbocycles. The van der Waals surface area contributed by atoms with Gasteiger partial charge in [-0.1, -0.05) is 50.6 Å². The van der Waals surface area contributed by atoms with Crippen molar-refractivity contribution in [1.29, 1.82) is 0 Å². The van der Waals surface area contributed by atoms with Gasteiger partial charge in [-0.2, -0.15) is 0 Å². The maximum atomic E-state index is 2.41. The smallest absolute Gasteiger partial charge is 0.0218 e. The van der Waals surface area contributed by atoms with Gasteiger partial charge in [-0.15, -0.1) is 8.19 Å². The van der Waals surface area contributed by atoms with E-state index in [-0.39, 0.29) is 0 Å². The number of hydrogen-bond donors (Lipinski definition) is 0. The van der Waals surface area contributed by atoms with Crippen LogP contribution in [0, 0.1) is 6.42 Å². The molecule has 3 rings (SSSR count). The van der Waals surface area contributed by atoms with Gasteiger partial charge in [-0.25, -0.2) is 0 Å². The van der Waals surface area contributed by atoms with Crippen LogP contribution in [0.25, 0.3) is 11.1 Å². The Hall–Kier alpha value is -1.26. The van der Waals surface area contributed by atoms with E-state index < -0.39 is 0 Å². The monoisotopic (exact) mass is 267 g/mol. The summed E-state index contributed by atoms with van der Waals surface area (Å²) < 4.78 is 0. The molecule has 1 aromatic carbocycles. The maximum absolute atomic E-state index is 2.41. The van der Waals surface area contributed by atoms with Crippen molar-refractivity contribution in [3.63, 3.8) is 0 Å². The van der Waals surface area contributed by atoms with Crippen LogP contribution >= 0.6 is 8.19 Å². The molecule has 1 aromatic heterocycles. The van der Waals surface area contributed by atoms with Gasteiger partial charge in [0.25, 0.3) is 0 Å². The molecule has 0 N–H and O–H groups in total. The lowest BCUT2D eigenvalue weighted by Crippen LogP contribution is -1.87. The zero-order chi connectivity index (χ0) is 13.2. The first-order chi connectivity index (χ1) is 9.35. The molecule has 0 bridgehead atoms. The topological polar surface area (TPSA) is 0 Å². The second kappa shape index (κ2) is 5.39. The van der Waals surface area contributed by atoms with Crippen LogP contribution in [0.5, 0.6) is 0 Å². The highest BCUT2D eigenvalue weighted by Gasteiger charge is 2.23. The summed E-state index contributed by atoms with van der Waals surface area (Å²) in [6, 6.07) is 11.2. The third kappa shape index (κ3) is 2.19. The molecule has 1 atom stereocenters. The van der Waals surface area contributed by atoms with E-state index in [0.717, 1.165) is 14.6 Å². The molecule has 0 aliphatic heterocycles. The molecule has 1 heterocycles. The van der Waals surface area contributed by atoms with Gasteiger partial charge in [-0.3, -0.25) is 0 Å². The van der Waals surface area contributed by atoms with Crippen LogP contribution in [0.3, 0.4) is 0 Å². The van der Waals surface area contributed by atoms with Crippen molar-refractivity contribution in [1.82, 2.24) is 0 Å². The molecule has 0 spiro atoms. The fourth-order valence-electron chi connectivity index (χ4n) is 2.97. The molecule has 0 nitrogen and oxygen atoms in total. The second-order valence-corrected chi connectivity index (χ2v) is 6.23. The van der Waals surface area contributed by atoms with Crippen molar-refractivity contribution >= 4 is 19.3 Å². The number of hydrogen-bond acceptors (Lipinski definition) is 0. The van der Waals surface area contributed by atoms with Gasteiger partial charge >= 0.3 is 0 Å². The molecular formula is C18H20P. The molecule has 2 aromatic rings. The molecule has 0 fully saturated rings. The maximum Gasteiger partial charge on any atom is 0.0218 e. The molecule has 1 radical (unpaired) electrons. The number of allylic oxidation sites excluding steroid dienone is 2. The Morgan fingerprint density at radius 2 is 1.89 bits per heavy atom. The van der Waals surface area contributed by atoms with Crippen molar-refractivity contribution in [3.8, 4) is 0 Å². The molecule has 1 aliphatic carbocycles. The third-order valence-corrected chi connectivity index (χ3v) is 5.11. The number of fused-ring (bicyclic) bond motifs is 1. The van der Waals surface area contributed by atoms with Crippen molar-refractivity contribution in [3.05, 3.63) is 64.5 Å². The normalized spacial score (nSPS) is 14.4. The van der Waals surface area contributed by atoms with Crippen LogP contribution < -0.4 is 0 Å². The minimum Gasteiger partial charge on any atom is -0.132 e. The van der Waals surface area contributed by atoms with E-state index in [9.17, 15) is 0 Å². The predicted molar refractivity (Wildman–Crippen MR) is 86.9 cm³/mol. The summed E-state index contributed by atoms with van der Waals surface area (Å²) in [4.78, 5) is 0. The summed E-state index contributed by atoms with van der Waals surface area (Å²) in [5.74, 6) is 2.33. The van der Waals surface area contributed by atoms with E-state index in [4.69, 9.17) is 0 Å². The van der Waals surface area contributed by atoms with Gasteiger partial charge in [0.15, 0.2) is 0 Å². The van der Waals surface area contributed by atoms with E-state index in [1.54, 1.807) is 10.9 Å². The molecule has 0 saturated heterocycles. The minimum atomic E-state index is 0.849. The lowest BCUT2D eigenvalue weighted by Gasteiger charge is -2.08. The number of aryl methyl sites for hydroxylation is 1. The van der Waals surface area contributed by atoms with E-state index in [1.807, 2.05) is 0 Å². The van der Waals surface area contributed by atoms with Gasteiger partial charge in [-0.05, 0) is 51.8 Å². The van der Waals surface area contributed by atoms with Crippen molar-refractivity contribution < 1.29 is 0 Å². The third-order valence-electron chi connectivity index (χ3n) is 3.89. The Morgan fingerprint density at radius 1 is 1.05 bits per heavy atom. The largest absolute Gasteiger partial charge is 0.132 e. The Labute approximate surface area is 117 Å². The molecule has 19 heavy (non-hydrogen) atoms. The minimum absolute atomic E-state index is 0.849. The van der Waals surface area contributed by atoms with Gasteiger partial charge in [0.2, 0.25) is 0 Å². The van der Waals surface area contributed by atoms with Crippen molar-refractivity contribution in [2.24, 2.45) is 0 Å². The second-order valence-electron chi connectivity index (χ2n) is 5.11. The van der Waals surface area contributed by atoms with Gasteiger partial charge in [0, 0.05) is 6.42 Å². The Morgan fingerprint density at radius 3 is 2.68 bits per heavy atom. The summed E-state index contributed by atoms with van der Waals surface area (Å²) in [6.07, 6.45) is 5.96. The van der Waals surface area contributed by atoms with Gasteiger partial charge in [0.1, 0.15) is 0 Å². The van der Waals surface area contributed by atoms with E-state index in [1.165, 1.54) is 35.1 Å². The Balaban J connectivity index is 2.12. The predicted octanol–water partition coefficient (Wildman–Crippen LogP) is 5.56. The van der Waals surface area contributed by atoms with E-state index in [0.29, 0.717) is 0 Å². The quantitative estimate of drug-likeness (QED) is 0.680. The van der Waals surface area contributed by atoms with Crippen molar-refractivity contribution in [2.75, 3.05) is 0 Å². The fourth-order valence-corrected chi connectivity index (χ4v) is 4.25. The first-order valence-electron chi connectivity index (χ1n) is 7.19. The van der Waals surface area contributed by atoms with Crippen LogP contribution in [-0.4, -0.2) is 0 Å². The molecule has 0 amide bonds. The van der Waals surface area contributed by atoms with Gasteiger partial charge in [0.05, 0.1) is 0 Å². The highest BCUT2D eigenvalue weighted by molar-refractivity contribution is 7.31. The van der Waals surface area contributed by atoms with E-state index >= 15 is 0 Å². The molecule has 1 unspecified atom stereocenters. The first kappa shape index (κ1) is 12.8. The summed E-state index contributed by atoms with van der Waals surface area (Å²) in [5.41, 5.74) is 7.48. The lowest BCUT2D eigenvalue weighted by molar-refractivity contribution is 0.976. The highest BCUT2D eigenvalue weighted by atomic mass is 31.0.